The smallest absolute Gasteiger partial charge is 0.191 e. The molecule has 5 heteroatoms. The van der Waals surface area contributed by atoms with Crippen LogP contribution >= 0.6 is 15.9 Å². The monoisotopic (exact) mass is 295 g/mol. The van der Waals surface area contributed by atoms with Crippen molar-refractivity contribution in [3.63, 3.8) is 0 Å². The van der Waals surface area contributed by atoms with Crippen LogP contribution in [0.1, 0.15) is 11.1 Å². The fourth-order valence-electron chi connectivity index (χ4n) is 2.17. The SMILES string of the molecule is Brc1cc2c(c(CNC3=NCCN3)c1)OCC2. The molecule has 0 radical (unpaired) electrons. The van der Waals surface area contributed by atoms with Gasteiger partial charge in [0.2, 0.25) is 0 Å². The molecule has 3 rings (SSSR count). The molecule has 2 heterocycles. The van der Waals surface area contributed by atoms with Gasteiger partial charge in [0.1, 0.15) is 5.75 Å². The van der Waals surface area contributed by atoms with Crippen molar-refractivity contribution in [3.8, 4) is 5.75 Å². The first-order valence-electron chi connectivity index (χ1n) is 5.79. The van der Waals surface area contributed by atoms with E-state index in [2.05, 4.69) is 43.7 Å². The van der Waals surface area contributed by atoms with Crippen molar-refractivity contribution in [1.29, 1.82) is 0 Å². The van der Waals surface area contributed by atoms with Gasteiger partial charge in [-0.2, -0.15) is 0 Å². The molecule has 2 aliphatic rings. The Balaban J connectivity index is 1.78. The van der Waals surface area contributed by atoms with Gasteiger partial charge in [-0.25, -0.2) is 0 Å². The van der Waals surface area contributed by atoms with E-state index in [1.807, 2.05) is 0 Å². The van der Waals surface area contributed by atoms with Crippen LogP contribution in [0.4, 0.5) is 0 Å². The maximum Gasteiger partial charge on any atom is 0.191 e. The van der Waals surface area contributed by atoms with Gasteiger partial charge in [0, 0.05) is 29.5 Å². The first-order valence-corrected chi connectivity index (χ1v) is 6.58. The van der Waals surface area contributed by atoms with Crippen LogP contribution in [-0.2, 0) is 13.0 Å². The number of benzene rings is 1. The lowest BCUT2D eigenvalue weighted by atomic mass is 10.1. The lowest BCUT2D eigenvalue weighted by Crippen LogP contribution is -2.33. The maximum atomic E-state index is 5.68. The summed E-state index contributed by atoms with van der Waals surface area (Å²) in [4.78, 5) is 4.31. The van der Waals surface area contributed by atoms with Crippen LogP contribution < -0.4 is 15.4 Å². The molecule has 2 aliphatic heterocycles. The predicted molar refractivity (Wildman–Crippen MR) is 70.5 cm³/mol. The molecule has 0 unspecified atom stereocenters. The molecule has 1 aromatic rings. The second-order valence-corrected chi connectivity index (χ2v) is 5.08. The molecule has 0 bridgehead atoms. The van der Waals surface area contributed by atoms with Gasteiger partial charge in [0.05, 0.1) is 13.2 Å². The van der Waals surface area contributed by atoms with E-state index >= 15 is 0 Å². The zero-order chi connectivity index (χ0) is 11.7. The molecule has 90 valence electrons. The van der Waals surface area contributed by atoms with Gasteiger partial charge in [-0.3, -0.25) is 4.99 Å². The molecule has 0 spiro atoms. The van der Waals surface area contributed by atoms with E-state index in [9.17, 15) is 0 Å². The van der Waals surface area contributed by atoms with E-state index in [0.29, 0.717) is 0 Å². The fraction of sp³-hybridized carbons (Fsp3) is 0.417. The van der Waals surface area contributed by atoms with Crippen molar-refractivity contribution in [3.05, 3.63) is 27.7 Å². The molecular formula is C12H14BrN3O. The summed E-state index contributed by atoms with van der Waals surface area (Å²) < 4.78 is 6.79. The molecule has 1 aromatic carbocycles. The summed E-state index contributed by atoms with van der Waals surface area (Å²) in [6.07, 6.45) is 1.00. The number of hydrogen-bond acceptors (Lipinski definition) is 4. The molecule has 17 heavy (non-hydrogen) atoms. The van der Waals surface area contributed by atoms with Crippen molar-refractivity contribution in [2.24, 2.45) is 4.99 Å². The molecule has 0 atom stereocenters. The number of nitrogens with zero attached hydrogens (tertiary/aromatic N) is 1. The van der Waals surface area contributed by atoms with Crippen LogP contribution in [0, 0.1) is 0 Å². The number of nitrogens with one attached hydrogen (secondary N) is 2. The highest BCUT2D eigenvalue weighted by molar-refractivity contribution is 9.10. The molecular weight excluding hydrogens is 282 g/mol. The van der Waals surface area contributed by atoms with E-state index in [1.54, 1.807) is 0 Å². The largest absolute Gasteiger partial charge is 0.493 e. The Morgan fingerprint density at radius 2 is 2.41 bits per heavy atom. The summed E-state index contributed by atoms with van der Waals surface area (Å²) in [5, 5.41) is 6.49. The number of aliphatic imine (C=N–C) groups is 1. The lowest BCUT2D eigenvalue weighted by Gasteiger charge is -2.11. The maximum absolute atomic E-state index is 5.68. The van der Waals surface area contributed by atoms with Crippen LogP contribution in [0.2, 0.25) is 0 Å². The Kier molecular flexibility index (Phi) is 2.93. The van der Waals surface area contributed by atoms with Crippen LogP contribution in [0.5, 0.6) is 5.75 Å². The van der Waals surface area contributed by atoms with E-state index in [4.69, 9.17) is 4.74 Å². The van der Waals surface area contributed by atoms with E-state index in [-0.39, 0.29) is 0 Å². The number of fused-ring (bicyclic) bond motifs is 1. The quantitative estimate of drug-likeness (QED) is 0.868. The van der Waals surface area contributed by atoms with E-state index in [0.717, 1.165) is 48.8 Å². The molecule has 4 nitrogen and oxygen atoms in total. The number of halogens is 1. The average Bonchev–Trinajstić information content (AvgIpc) is 2.95. The minimum absolute atomic E-state index is 0.744. The van der Waals surface area contributed by atoms with Crippen molar-refractivity contribution in [2.45, 2.75) is 13.0 Å². The third kappa shape index (κ3) is 2.24. The second kappa shape index (κ2) is 4.56. The van der Waals surface area contributed by atoms with Gasteiger partial charge in [-0.05, 0) is 17.7 Å². The summed E-state index contributed by atoms with van der Waals surface area (Å²) >= 11 is 3.54. The summed E-state index contributed by atoms with van der Waals surface area (Å²) in [6, 6.07) is 4.24. The number of guanidine groups is 1. The number of ether oxygens (including phenoxy) is 1. The predicted octanol–water partition coefficient (Wildman–Crippen LogP) is 1.43. The molecule has 0 aromatic heterocycles. The fourth-order valence-corrected chi connectivity index (χ4v) is 2.73. The van der Waals surface area contributed by atoms with E-state index < -0.39 is 0 Å². The number of rotatable bonds is 2. The molecule has 0 aliphatic carbocycles. The minimum atomic E-state index is 0.744. The molecule has 0 amide bonds. The third-order valence-corrected chi connectivity index (χ3v) is 3.40. The highest BCUT2D eigenvalue weighted by Gasteiger charge is 2.17. The first-order chi connectivity index (χ1) is 8.33. The Bertz CT molecular complexity index is 473. The van der Waals surface area contributed by atoms with Gasteiger partial charge in [-0.15, -0.1) is 0 Å². The Morgan fingerprint density at radius 1 is 1.47 bits per heavy atom. The van der Waals surface area contributed by atoms with Gasteiger partial charge in [0.15, 0.2) is 5.96 Å². The van der Waals surface area contributed by atoms with E-state index in [1.165, 1.54) is 11.1 Å². The van der Waals surface area contributed by atoms with Gasteiger partial charge < -0.3 is 15.4 Å². The zero-order valence-corrected chi connectivity index (χ0v) is 11.0. The van der Waals surface area contributed by atoms with Crippen molar-refractivity contribution >= 4 is 21.9 Å². The van der Waals surface area contributed by atoms with Gasteiger partial charge in [0.25, 0.3) is 0 Å². The van der Waals surface area contributed by atoms with Gasteiger partial charge >= 0.3 is 0 Å². The Labute approximate surface area is 109 Å². The lowest BCUT2D eigenvalue weighted by molar-refractivity contribution is 0.353. The summed E-state index contributed by atoms with van der Waals surface area (Å²) in [5.74, 6) is 1.93. The highest BCUT2D eigenvalue weighted by atomic mass is 79.9. The topological polar surface area (TPSA) is 45.7 Å². The third-order valence-electron chi connectivity index (χ3n) is 2.95. The molecule has 0 saturated heterocycles. The summed E-state index contributed by atoms with van der Waals surface area (Å²) in [6.45, 7) is 3.32. The van der Waals surface area contributed by atoms with Crippen molar-refractivity contribution in [1.82, 2.24) is 10.6 Å². The zero-order valence-electron chi connectivity index (χ0n) is 9.42. The molecule has 2 N–H and O–H groups in total. The van der Waals surface area contributed by atoms with Crippen LogP contribution in [-0.4, -0.2) is 25.7 Å². The molecule has 0 saturated carbocycles. The first kappa shape index (κ1) is 10.9. The van der Waals surface area contributed by atoms with Gasteiger partial charge in [-0.1, -0.05) is 15.9 Å². The summed E-state index contributed by atoms with van der Waals surface area (Å²) in [5.41, 5.74) is 2.47. The summed E-state index contributed by atoms with van der Waals surface area (Å²) in [7, 11) is 0. The average molecular weight is 296 g/mol. The van der Waals surface area contributed by atoms with Crippen LogP contribution in [0.25, 0.3) is 0 Å². The highest BCUT2D eigenvalue weighted by Crippen LogP contribution is 2.32. The van der Waals surface area contributed by atoms with Crippen molar-refractivity contribution in [2.75, 3.05) is 19.7 Å². The normalized spacial score (nSPS) is 17.1. The van der Waals surface area contributed by atoms with Crippen LogP contribution in [0.15, 0.2) is 21.6 Å². The molecule has 0 fully saturated rings. The second-order valence-electron chi connectivity index (χ2n) is 4.16. The van der Waals surface area contributed by atoms with Crippen LogP contribution in [0.3, 0.4) is 0 Å². The Morgan fingerprint density at radius 3 is 3.24 bits per heavy atom. The van der Waals surface area contributed by atoms with Crippen molar-refractivity contribution < 1.29 is 4.74 Å². The minimum Gasteiger partial charge on any atom is -0.493 e. The Hall–Kier alpha value is -1.23. The standard InChI is InChI=1S/C12H14BrN3O/c13-10-5-8-1-4-17-11(8)9(6-10)7-16-12-14-2-3-15-12/h5-6H,1-4,7H2,(H2,14,15,16). The number of hydrogen-bond donors (Lipinski definition) is 2.